The third-order valence-electron chi connectivity index (χ3n) is 3.50. The molecule has 0 aromatic carbocycles. The molecule has 0 amide bonds. The summed E-state index contributed by atoms with van der Waals surface area (Å²) in [5.74, 6) is 0.719. The molecule has 0 unspecified atom stereocenters. The van der Waals surface area contributed by atoms with Gasteiger partial charge in [-0.3, -0.25) is 4.40 Å². The van der Waals surface area contributed by atoms with Crippen LogP contribution in [0.2, 0.25) is 0 Å². The van der Waals surface area contributed by atoms with Crippen molar-refractivity contribution in [3.63, 3.8) is 0 Å². The standard InChI is InChI=1S/C12H17N3O2S/c1-16-9-5-8(6-9)13-7-10-11(17-2)14-12-15(10)3-4-18-12/h3-4,8-9,13H,5-7H2,1-2H3. The predicted molar refractivity (Wildman–Crippen MR) is 70.3 cm³/mol. The number of ether oxygens (including phenoxy) is 2. The maximum absolute atomic E-state index is 5.32. The van der Waals surface area contributed by atoms with E-state index in [0.29, 0.717) is 12.1 Å². The molecule has 18 heavy (non-hydrogen) atoms. The molecule has 2 aromatic rings. The largest absolute Gasteiger partial charge is 0.480 e. The summed E-state index contributed by atoms with van der Waals surface area (Å²) < 4.78 is 12.7. The molecule has 1 aliphatic carbocycles. The first-order valence-corrected chi connectivity index (χ1v) is 6.94. The van der Waals surface area contributed by atoms with Crippen molar-refractivity contribution < 1.29 is 9.47 Å². The number of rotatable bonds is 5. The molecule has 3 rings (SSSR count). The van der Waals surface area contributed by atoms with E-state index in [1.54, 1.807) is 25.6 Å². The number of hydrogen-bond acceptors (Lipinski definition) is 5. The van der Waals surface area contributed by atoms with Crippen molar-refractivity contribution >= 4 is 16.3 Å². The number of fused-ring (bicyclic) bond motifs is 1. The lowest BCUT2D eigenvalue weighted by molar-refractivity contribution is 0.0168. The first-order chi connectivity index (χ1) is 8.81. The fourth-order valence-corrected chi connectivity index (χ4v) is 3.03. The minimum atomic E-state index is 0.427. The van der Waals surface area contributed by atoms with Crippen LogP contribution in [-0.2, 0) is 11.3 Å². The highest BCUT2D eigenvalue weighted by Gasteiger charge is 2.29. The summed E-state index contributed by atoms with van der Waals surface area (Å²) in [4.78, 5) is 5.42. The highest BCUT2D eigenvalue weighted by Crippen LogP contribution is 2.26. The fourth-order valence-electron chi connectivity index (χ4n) is 2.30. The van der Waals surface area contributed by atoms with E-state index in [4.69, 9.17) is 9.47 Å². The summed E-state index contributed by atoms with van der Waals surface area (Å²) in [6, 6.07) is 0.545. The number of nitrogens with one attached hydrogen (secondary N) is 1. The summed E-state index contributed by atoms with van der Waals surface area (Å²) in [7, 11) is 3.44. The minimum absolute atomic E-state index is 0.427. The third kappa shape index (κ3) is 2.00. The molecule has 1 aliphatic rings. The molecule has 5 nitrogen and oxygen atoms in total. The van der Waals surface area contributed by atoms with Crippen molar-refractivity contribution in [3.05, 3.63) is 17.3 Å². The Balaban J connectivity index is 1.68. The van der Waals surface area contributed by atoms with Gasteiger partial charge in [-0.1, -0.05) is 0 Å². The zero-order valence-electron chi connectivity index (χ0n) is 10.5. The zero-order valence-corrected chi connectivity index (χ0v) is 11.4. The van der Waals surface area contributed by atoms with Crippen LogP contribution in [0, 0.1) is 0 Å². The van der Waals surface area contributed by atoms with Crippen LogP contribution in [0.5, 0.6) is 5.88 Å². The second-order valence-corrected chi connectivity index (χ2v) is 5.40. The zero-order chi connectivity index (χ0) is 12.5. The van der Waals surface area contributed by atoms with Crippen LogP contribution in [-0.4, -0.2) is 35.8 Å². The van der Waals surface area contributed by atoms with Crippen LogP contribution >= 0.6 is 11.3 Å². The Kier molecular flexibility index (Phi) is 3.23. The van der Waals surface area contributed by atoms with Gasteiger partial charge in [0.15, 0.2) is 4.96 Å². The van der Waals surface area contributed by atoms with Gasteiger partial charge in [0.25, 0.3) is 0 Å². The third-order valence-corrected chi connectivity index (χ3v) is 4.26. The highest BCUT2D eigenvalue weighted by atomic mass is 32.1. The van der Waals surface area contributed by atoms with Gasteiger partial charge < -0.3 is 14.8 Å². The van der Waals surface area contributed by atoms with E-state index < -0.39 is 0 Å². The number of methoxy groups -OCH3 is 2. The van der Waals surface area contributed by atoms with Crippen molar-refractivity contribution in [1.29, 1.82) is 0 Å². The van der Waals surface area contributed by atoms with Gasteiger partial charge >= 0.3 is 0 Å². The average molecular weight is 267 g/mol. The Morgan fingerprint density at radius 2 is 2.33 bits per heavy atom. The first kappa shape index (κ1) is 12.0. The molecular weight excluding hydrogens is 250 g/mol. The molecule has 0 bridgehead atoms. The van der Waals surface area contributed by atoms with E-state index in [9.17, 15) is 0 Å². The van der Waals surface area contributed by atoms with Crippen LogP contribution < -0.4 is 10.1 Å². The van der Waals surface area contributed by atoms with Gasteiger partial charge in [0.1, 0.15) is 5.69 Å². The Labute approximate surface area is 110 Å². The van der Waals surface area contributed by atoms with Gasteiger partial charge in [0, 0.05) is 31.3 Å². The SMILES string of the molecule is COc1nc2sccn2c1CNC1CC(OC)C1. The molecule has 2 heterocycles. The van der Waals surface area contributed by atoms with Crippen LogP contribution in [0.1, 0.15) is 18.5 Å². The molecule has 0 atom stereocenters. The first-order valence-electron chi connectivity index (χ1n) is 6.06. The van der Waals surface area contributed by atoms with E-state index in [1.165, 1.54) is 0 Å². The second-order valence-electron chi connectivity index (χ2n) is 4.53. The van der Waals surface area contributed by atoms with Crippen LogP contribution in [0.4, 0.5) is 0 Å². The lowest BCUT2D eigenvalue weighted by atomic mass is 9.89. The normalized spacial score (nSPS) is 23.2. The van der Waals surface area contributed by atoms with Crippen LogP contribution in [0.15, 0.2) is 11.6 Å². The van der Waals surface area contributed by atoms with Crippen molar-refractivity contribution in [2.75, 3.05) is 14.2 Å². The lowest BCUT2D eigenvalue weighted by Crippen LogP contribution is -2.44. The van der Waals surface area contributed by atoms with Gasteiger partial charge in [-0.05, 0) is 12.8 Å². The van der Waals surface area contributed by atoms with Crippen LogP contribution in [0.25, 0.3) is 4.96 Å². The van der Waals surface area contributed by atoms with E-state index in [2.05, 4.69) is 14.7 Å². The second kappa shape index (κ2) is 4.87. The molecule has 0 radical (unpaired) electrons. The average Bonchev–Trinajstić information content (AvgIpc) is 2.88. The van der Waals surface area contributed by atoms with Gasteiger partial charge in [-0.15, -0.1) is 11.3 Å². The molecule has 98 valence electrons. The number of imidazole rings is 1. The molecule has 0 aliphatic heterocycles. The van der Waals surface area contributed by atoms with Crippen LogP contribution in [0.3, 0.4) is 0 Å². The summed E-state index contributed by atoms with van der Waals surface area (Å²) in [6.45, 7) is 0.780. The number of thiazole rings is 1. The monoisotopic (exact) mass is 267 g/mol. The molecule has 0 saturated heterocycles. The van der Waals surface area contributed by atoms with Crippen molar-refractivity contribution in [2.45, 2.75) is 31.5 Å². The molecule has 1 N–H and O–H groups in total. The molecular formula is C12H17N3O2S. The Bertz CT molecular complexity index is 530. The summed E-state index contributed by atoms with van der Waals surface area (Å²) in [5.41, 5.74) is 1.09. The predicted octanol–water partition coefficient (Wildman–Crippen LogP) is 1.67. The molecule has 0 spiro atoms. The van der Waals surface area contributed by atoms with E-state index in [0.717, 1.165) is 35.9 Å². The van der Waals surface area contributed by atoms with Crippen molar-refractivity contribution in [3.8, 4) is 5.88 Å². The quantitative estimate of drug-likeness (QED) is 0.895. The minimum Gasteiger partial charge on any atom is -0.480 e. The van der Waals surface area contributed by atoms with E-state index in [1.807, 2.05) is 11.6 Å². The fraction of sp³-hybridized carbons (Fsp3) is 0.583. The van der Waals surface area contributed by atoms with E-state index >= 15 is 0 Å². The number of nitrogens with zero attached hydrogens (tertiary/aromatic N) is 2. The summed E-state index contributed by atoms with van der Waals surface area (Å²) >= 11 is 1.62. The smallest absolute Gasteiger partial charge is 0.237 e. The van der Waals surface area contributed by atoms with Gasteiger partial charge in [-0.2, -0.15) is 4.98 Å². The lowest BCUT2D eigenvalue weighted by Gasteiger charge is -2.34. The Morgan fingerprint density at radius 1 is 1.50 bits per heavy atom. The van der Waals surface area contributed by atoms with Gasteiger partial charge in [0.05, 0.1) is 13.2 Å². The Morgan fingerprint density at radius 3 is 3.06 bits per heavy atom. The maximum atomic E-state index is 5.32. The van der Waals surface area contributed by atoms with E-state index in [-0.39, 0.29) is 0 Å². The Hall–Kier alpha value is -1.11. The number of aromatic nitrogens is 2. The number of hydrogen-bond donors (Lipinski definition) is 1. The summed E-state index contributed by atoms with van der Waals surface area (Å²) in [5, 5.41) is 5.56. The molecule has 1 saturated carbocycles. The van der Waals surface area contributed by atoms with Crippen molar-refractivity contribution in [1.82, 2.24) is 14.7 Å². The van der Waals surface area contributed by atoms with Gasteiger partial charge in [0.2, 0.25) is 5.88 Å². The molecule has 6 heteroatoms. The summed E-state index contributed by atoms with van der Waals surface area (Å²) in [6.07, 6.45) is 4.64. The van der Waals surface area contributed by atoms with Gasteiger partial charge in [-0.25, -0.2) is 0 Å². The maximum Gasteiger partial charge on any atom is 0.237 e. The van der Waals surface area contributed by atoms with Crippen molar-refractivity contribution in [2.24, 2.45) is 0 Å². The topological polar surface area (TPSA) is 47.8 Å². The highest BCUT2D eigenvalue weighted by molar-refractivity contribution is 7.15. The molecule has 1 fully saturated rings. The molecule has 2 aromatic heterocycles.